The molecule has 0 bridgehead atoms. The van der Waals surface area contributed by atoms with Gasteiger partial charge in [0.25, 0.3) is 5.69 Å². The van der Waals surface area contributed by atoms with Crippen molar-refractivity contribution in [3.63, 3.8) is 0 Å². The summed E-state index contributed by atoms with van der Waals surface area (Å²) in [4.78, 5) is 20.4. The second kappa shape index (κ2) is 4.47. The number of phenols is 1. The number of hydrogen-bond donors (Lipinski definition) is 3. The zero-order chi connectivity index (χ0) is 12.3. The molecule has 3 N–H and O–H groups in total. The van der Waals surface area contributed by atoms with Gasteiger partial charge < -0.3 is 15.5 Å². The molecule has 0 saturated carbocycles. The van der Waals surface area contributed by atoms with Crippen LogP contribution in [0.15, 0.2) is 18.2 Å². The molecule has 86 valence electrons. The maximum Gasteiger partial charge on any atom is 0.325 e. The molecule has 7 nitrogen and oxygen atoms in total. The number of carbonyl (C=O) groups is 1. The van der Waals surface area contributed by atoms with Crippen LogP contribution in [-0.4, -0.2) is 27.1 Å². The third-order valence-corrected chi connectivity index (χ3v) is 1.93. The predicted molar refractivity (Wildman–Crippen MR) is 55.5 cm³/mol. The predicted octanol–water partition coefficient (Wildman–Crippen LogP) is 1.19. The first-order valence-electron chi connectivity index (χ1n) is 4.38. The summed E-state index contributed by atoms with van der Waals surface area (Å²) < 4.78 is 0. The van der Waals surface area contributed by atoms with Gasteiger partial charge in [-0.05, 0) is 13.0 Å². The van der Waals surface area contributed by atoms with Gasteiger partial charge in [0.05, 0.1) is 10.6 Å². The number of phenolic OH excluding ortho intramolecular Hbond substituents is 1. The fraction of sp³-hybridized carbons (Fsp3) is 0.222. The van der Waals surface area contributed by atoms with E-state index in [1.807, 2.05) is 0 Å². The molecule has 1 aromatic rings. The van der Waals surface area contributed by atoms with E-state index >= 15 is 0 Å². The molecule has 0 aliphatic rings. The zero-order valence-electron chi connectivity index (χ0n) is 8.38. The van der Waals surface area contributed by atoms with Crippen molar-refractivity contribution in [1.82, 2.24) is 0 Å². The number of rotatable bonds is 4. The molecule has 0 radical (unpaired) electrons. The molecule has 0 amide bonds. The number of carboxylic acid groups (broad SMARTS) is 1. The number of non-ortho nitro benzene ring substituents is 1. The zero-order valence-corrected chi connectivity index (χ0v) is 8.38. The van der Waals surface area contributed by atoms with Crippen molar-refractivity contribution in [2.24, 2.45) is 0 Å². The van der Waals surface area contributed by atoms with E-state index in [9.17, 15) is 20.0 Å². The van der Waals surface area contributed by atoms with Gasteiger partial charge in [-0.25, -0.2) is 0 Å². The smallest absolute Gasteiger partial charge is 0.325 e. The van der Waals surface area contributed by atoms with Crippen molar-refractivity contribution in [2.45, 2.75) is 13.0 Å². The number of nitrogens with one attached hydrogen (secondary N) is 1. The fourth-order valence-electron chi connectivity index (χ4n) is 1.05. The quantitative estimate of drug-likeness (QED) is 0.403. The van der Waals surface area contributed by atoms with Gasteiger partial charge in [0, 0.05) is 12.1 Å². The second-order valence-corrected chi connectivity index (χ2v) is 3.16. The highest BCUT2D eigenvalue weighted by Gasteiger charge is 2.15. The molecule has 0 fully saturated rings. The summed E-state index contributed by atoms with van der Waals surface area (Å²) in [6, 6.07) is 2.39. The number of aromatic hydroxyl groups is 1. The van der Waals surface area contributed by atoms with Gasteiger partial charge in [0.1, 0.15) is 11.8 Å². The summed E-state index contributed by atoms with van der Waals surface area (Å²) in [5.74, 6) is -1.36. The van der Waals surface area contributed by atoms with Crippen LogP contribution in [0.5, 0.6) is 5.75 Å². The standard InChI is InChI=1S/C9H10N2O5/c1-5(9(13)14)10-7-4-6(11(15)16)2-3-8(7)12/h2-5,10,12H,1H3,(H,13,14)/t5-/m0/s1. The number of hydrogen-bond acceptors (Lipinski definition) is 5. The van der Waals surface area contributed by atoms with E-state index in [2.05, 4.69) is 5.32 Å². The first-order valence-corrected chi connectivity index (χ1v) is 4.38. The molecule has 16 heavy (non-hydrogen) atoms. The normalized spacial score (nSPS) is 11.8. The van der Waals surface area contributed by atoms with Gasteiger partial charge in [0.2, 0.25) is 0 Å². The average Bonchev–Trinajstić information content (AvgIpc) is 2.20. The first kappa shape index (κ1) is 11.8. The van der Waals surface area contributed by atoms with Gasteiger partial charge in [0.15, 0.2) is 0 Å². The lowest BCUT2D eigenvalue weighted by atomic mass is 10.2. The third-order valence-electron chi connectivity index (χ3n) is 1.93. The van der Waals surface area contributed by atoms with E-state index in [1.165, 1.54) is 6.92 Å². The van der Waals surface area contributed by atoms with Crippen LogP contribution in [0.25, 0.3) is 0 Å². The molecule has 7 heteroatoms. The number of benzene rings is 1. The molecular formula is C9H10N2O5. The minimum Gasteiger partial charge on any atom is -0.506 e. The van der Waals surface area contributed by atoms with E-state index in [4.69, 9.17) is 5.11 Å². The Bertz CT molecular complexity index is 432. The fourth-order valence-corrected chi connectivity index (χ4v) is 1.05. The Balaban J connectivity index is 2.98. The summed E-state index contributed by atoms with van der Waals surface area (Å²) in [6.45, 7) is 1.36. The van der Waals surface area contributed by atoms with Crippen molar-refractivity contribution in [3.8, 4) is 5.75 Å². The Labute approximate surface area is 90.5 Å². The maximum absolute atomic E-state index is 10.6. The highest BCUT2D eigenvalue weighted by atomic mass is 16.6. The number of nitrogens with zero attached hydrogens (tertiary/aromatic N) is 1. The molecular weight excluding hydrogens is 216 g/mol. The lowest BCUT2D eigenvalue weighted by Crippen LogP contribution is -2.25. The molecule has 0 unspecified atom stereocenters. The summed E-state index contributed by atoms with van der Waals surface area (Å²) in [5, 5.41) is 30.9. The number of nitro groups is 1. The lowest BCUT2D eigenvalue weighted by Gasteiger charge is -2.11. The van der Waals surface area contributed by atoms with Crippen LogP contribution in [0.2, 0.25) is 0 Å². The number of aliphatic carboxylic acids is 1. The van der Waals surface area contributed by atoms with Gasteiger partial charge in [-0.1, -0.05) is 0 Å². The minimum absolute atomic E-state index is 0.0177. The second-order valence-electron chi connectivity index (χ2n) is 3.16. The summed E-state index contributed by atoms with van der Waals surface area (Å²) in [6.07, 6.45) is 0. The Kier molecular flexibility index (Phi) is 3.29. The highest BCUT2D eigenvalue weighted by Crippen LogP contribution is 2.28. The Morgan fingerprint density at radius 2 is 2.19 bits per heavy atom. The molecule has 1 aromatic carbocycles. The first-order chi connectivity index (χ1) is 7.41. The minimum atomic E-state index is -1.12. The largest absolute Gasteiger partial charge is 0.506 e. The molecule has 1 atom stereocenters. The topological polar surface area (TPSA) is 113 Å². The number of carboxylic acids is 1. The van der Waals surface area contributed by atoms with E-state index in [0.29, 0.717) is 0 Å². The highest BCUT2D eigenvalue weighted by molar-refractivity contribution is 5.78. The molecule has 1 rings (SSSR count). The number of anilines is 1. The Hall–Kier alpha value is -2.31. The van der Waals surface area contributed by atoms with Crippen molar-refractivity contribution in [1.29, 1.82) is 0 Å². The van der Waals surface area contributed by atoms with Gasteiger partial charge in [-0.2, -0.15) is 0 Å². The molecule has 0 aliphatic heterocycles. The number of nitro benzene ring substituents is 1. The van der Waals surface area contributed by atoms with Crippen LogP contribution in [0.4, 0.5) is 11.4 Å². The Morgan fingerprint density at radius 1 is 1.56 bits per heavy atom. The molecule has 0 saturated heterocycles. The van der Waals surface area contributed by atoms with Crippen LogP contribution in [0.3, 0.4) is 0 Å². The van der Waals surface area contributed by atoms with E-state index in [0.717, 1.165) is 18.2 Å². The lowest BCUT2D eigenvalue weighted by molar-refractivity contribution is -0.384. The summed E-state index contributed by atoms with van der Waals surface area (Å²) >= 11 is 0. The van der Waals surface area contributed by atoms with Crippen LogP contribution in [0.1, 0.15) is 6.92 Å². The van der Waals surface area contributed by atoms with Crippen molar-refractivity contribution >= 4 is 17.3 Å². The summed E-state index contributed by atoms with van der Waals surface area (Å²) in [7, 11) is 0. The van der Waals surface area contributed by atoms with Crippen LogP contribution < -0.4 is 5.32 Å². The van der Waals surface area contributed by atoms with Gasteiger partial charge >= 0.3 is 5.97 Å². The summed E-state index contributed by atoms with van der Waals surface area (Å²) in [5.41, 5.74) is -0.206. The van der Waals surface area contributed by atoms with Gasteiger partial charge in [-0.15, -0.1) is 0 Å². The van der Waals surface area contributed by atoms with E-state index < -0.39 is 16.9 Å². The average molecular weight is 226 g/mol. The molecule has 0 spiro atoms. The van der Waals surface area contributed by atoms with Crippen LogP contribution >= 0.6 is 0 Å². The van der Waals surface area contributed by atoms with Crippen LogP contribution in [0, 0.1) is 10.1 Å². The molecule has 0 aliphatic carbocycles. The van der Waals surface area contributed by atoms with Crippen molar-refractivity contribution in [2.75, 3.05) is 5.32 Å². The molecule has 0 heterocycles. The maximum atomic E-state index is 10.6. The van der Waals surface area contributed by atoms with Crippen molar-refractivity contribution in [3.05, 3.63) is 28.3 Å². The Morgan fingerprint density at radius 3 is 2.69 bits per heavy atom. The van der Waals surface area contributed by atoms with Crippen LogP contribution in [-0.2, 0) is 4.79 Å². The van der Waals surface area contributed by atoms with Crippen molar-refractivity contribution < 1.29 is 19.9 Å². The monoisotopic (exact) mass is 226 g/mol. The van der Waals surface area contributed by atoms with E-state index in [-0.39, 0.29) is 17.1 Å². The van der Waals surface area contributed by atoms with E-state index in [1.54, 1.807) is 0 Å². The third kappa shape index (κ3) is 2.59. The van der Waals surface area contributed by atoms with Gasteiger partial charge in [-0.3, -0.25) is 14.9 Å². The molecule has 0 aromatic heterocycles. The SMILES string of the molecule is C[C@H](Nc1cc([N+](=O)[O-])ccc1O)C(=O)O.